The fraction of sp³-hybridized carbons (Fsp3) is 0.417. The van der Waals surface area contributed by atoms with Gasteiger partial charge in [0.2, 0.25) is 0 Å². The number of hydrogen-bond acceptors (Lipinski definition) is 2. The summed E-state index contributed by atoms with van der Waals surface area (Å²) in [5, 5.41) is 0. The minimum atomic E-state index is -0.643. The Hall–Kier alpha value is -1.15. The van der Waals surface area contributed by atoms with E-state index in [-0.39, 0.29) is 0 Å². The molecule has 1 aromatic rings. The second-order valence-corrected chi connectivity index (χ2v) is 3.56. The van der Waals surface area contributed by atoms with Gasteiger partial charge in [0.15, 0.2) is 6.29 Å². The Labute approximate surface area is 84.9 Å². The van der Waals surface area contributed by atoms with E-state index in [1.165, 1.54) is 0 Å². The lowest BCUT2D eigenvalue weighted by Gasteiger charge is -2.21. The summed E-state index contributed by atoms with van der Waals surface area (Å²) in [5.74, 6) is 0. The highest BCUT2D eigenvalue weighted by Gasteiger charge is 2.21. The summed E-state index contributed by atoms with van der Waals surface area (Å²) in [6.07, 6.45) is 1.57. The first-order valence-corrected chi connectivity index (χ1v) is 4.84. The van der Waals surface area contributed by atoms with Gasteiger partial charge < -0.3 is 9.53 Å². The van der Waals surface area contributed by atoms with E-state index in [1.54, 1.807) is 0 Å². The number of hydrogen-bond donors (Lipinski definition) is 0. The molecule has 0 spiro atoms. The molecule has 1 atom stereocenters. The average Bonchev–Trinajstić information content (AvgIpc) is 2.27. The van der Waals surface area contributed by atoms with Crippen molar-refractivity contribution < 1.29 is 9.53 Å². The molecule has 0 aliphatic heterocycles. The van der Waals surface area contributed by atoms with E-state index < -0.39 is 5.60 Å². The first kappa shape index (κ1) is 10.9. The summed E-state index contributed by atoms with van der Waals surface area (Å²) in [5.41, 5.74) is 0.449. The molecule has 0 fully saturated rings. The van der Waals surface area contributed by atoms with Crippen LogP contribution >= 0.6 is 0 Å². The van der Waals surface area contributed by atoms with Gasteiger partial charge in [-0.2, -0.15) is 0 Å². The van der Waals surface area contributed by atoms with Crippen LogP contribution in [0.25, 0.3) is 0 Å². The molecule has 1 unspecified atom stereocenters. The van der Waals surface area contributed by atoms with E-state index in [0.29, 0.717) is 13.0 Å². The van der Waals surface area contributed by atoms with Crippen LogP contribution in [-0.4, -0.2) is 11.9 Å². The van der Waals surface area contributed by atoms with Crippen molar-refractivity contribution in [2.45, 2.75) is 32.5 Å². The van der Waals surface area contributed by atoms with E-state index in [9.17, 15) is 4.79 Å². The zero-order chi connectivity index (χ0) is 10.4. The molecular formula is C12H16O2. The van der Waals surface area contributed by atoms with Gasteiger partial charge in [0, 0.05) is 0 Å². The molecule has 0 heterocycles. The van der Waals surface area contributed by atoms with Gasteiger partial charge in [0.05, 0.1) is 6.61 Å². The highest BCUT2D eigenvalue weighted by atomic mass is 16.5. The predicted octanol–water partition coefficient (Wildman–Crippen LogP) is 2.57. The number of rotatable bonds is 5. The Kier molecular flexibility index (Phi) is 3.84. The zero-order valence-electron chi connectivity index (χ0n) is 8.69. The Morgan fingerprint density at radius 3 is 2.50 bits per heavy atom. The second-order valence-electron chi connectivity index (χ2n) is 3.56. The lowest BCUT2D eigenvalue weighted by molar-refractivity contribution is -0.131. The third-order valence-electron chi connectivity index (χ3n) is 2.36. The maximum Gasteiger partial charge on any atom is 0.151 e. The Balaban J connectivity index is 2.52. The van der Waals surface area contributed by atoms with Crippen molar-refractivity contribution in [1.29, 1.82) is 0 Å². The lowest BCUT2D eigenvalue weighted by Crippen LogP contribution is -2.29. The monoisotopic (exact) mass is 192 g/mol. The van der Waals surface area contributed by atoms with Crippen molar-refractivity contribution in [3.8, 4) is 0 Å². The van der Waals surface area contributed by atoms with Crippen LogP contribution in [-0.2, 0) is 16.1 Å². The fourth-order valence-electron chi connectivity index (χ4n) is 1.04. The van der Waals surface area contributed by atoms with Crippen molar-refractivity contribution in [2.24, 2.45) is 0 Å². The van der Waals surface area contributed by atoms with Crippen LogP contribution in [0.1, 0.15) is 25.8 Å². The molecule has 0 aliphatic carbocycles. The largest absolute Gasteiger partial charge is 0.363 e. The molecule has 2 nitrogen and oxygen atoms in total. The van der Waals surface area contributed by atoms with Gasteiger partial charge in [-0.3, -0.25) is 0 Å². The van der Waals surface area contributed by atoms with E-state index in [1.807, 2.05) is 44.2 Å². The number of carbonyl (C=O) groups excluding carboxylic acids is 1. The average molecular weight is 192 g/mol. The number of benzene rings is 1. The second kappa shape index (κ2) is 4.91. The molecule has 0 aliphatic rings. The van der Waals surface area contributed by atoms with Gasteiger partial charge in [0.1, 0.15) is 5.60 Å². The van der Waals surface area contributed by atoms with Crippen LogP contribution in [0, 0.1) is 0 Å². The molecule has 0 N–H and O–H groups in total. The molecule has 0 bridgehead atoms. The topological polar surface area (TPSA) is 26.3 Å². The van der Waals surface area contributed by atoms with Crippen LogP contribution in [0.3, 0.4) is 0 Å². The highest BCUT2D eigenvalue weighted by molar-refractivity contribution is 5.61. The molecule has 0 aromatic heterocycles. The Morgan fingerprint density at radius 1 is 1.36 bits per heavy atom. The van der Waals surface area contributed by atoms with E-state index >= 15 is 0 Å². The standard InChI is InChI=1S/C12H16O2/c1-3-12(2,10-13)14-9-11-7-5-4-6-8-11/h4-8,10H,3,9H2,1-2H3. The van der Waals surface area contributed by atoms with Crippen LogP contribution in [0.2, 0.25) is 0 Å². The van der Waals surface area contributed by atoms with Crippen molar-refractivity contribution in [1.82, 2.24) is 0 Å². The summed E-state index contributed by atoms with van der Waals surface area (Å²) >= 11 is 0. The van der Waals surface area contributed by atoms with Crippen LogP contribution < -0.4 is 0 Å². The molecule has 1 aromatic carbocycles. The normalized spacial score (nSPS) is 14.7. The molecule has 0 amide bonds. The fourth-order valence-corrected chi connectivity index (χ4v) is 1.04. The minimum Gasteiger partial charge on any atom is -0.363 e. The van der Waals surface area contributed by atoms with Gasteiger partial charge in [-0.15, -0.1) is 0 Å². The van der Waals surface area contributed by atoms with Gasteiger partial charge in [-0.25, -0.2) is 0 Å². The zero-order valence-corrected chi connectivity index (χ0v) is 8.69. The molecule has 2 heteroatoms. The molecule has 0 radical (unpaired) electrons. The molecule has 0 saturated heterocycles. The summed E-state index contributed by atoms with van der Waals surface area (Å²) in [4.78, 5) is 10.8. The maximum absolute atomic E-state index is 10.8. The molecule has 14 heavy (non-hydrogen) atoms. The molecular weight excluding hydrogens is 176 g/mol. The molecule has 1 rings (SSSR count). The predicted molar refractivity (Wildman–Crippen MR) is 56.0 cm³/mol. The van der Waals surface area contributed by atoms with Crippen molar-refractivity contribution in [3.05, 3.63) is 35.9 Å². The quantitative estimate of drug-likeness (QED) is 0.670. The summed E-state index contributed by atoms with van der Waals surface area (Å²) in [6.45, 7) is 4.24. The van der Waals surface area contributed by atoms with Crippen LogP contribution in [0.5, 0.6) is 0 Å². The number of carbonyl (C=O) groups is 1. The SMILES string of the molecule is CCC(C)(C=O)OCc1ccccc1. The van der Waals surface area contributed by atoms with E-state index in [2.05, 4.69) is 0 Å². The van der Waals surface area contributed by atoms with Gasteiger partial charge in [-0.1, -0.05) is 37.3 Å². The van der Waals surface area contributed by atoms with Crippen molar-refractivity contribution in [3.63, 3.8) is 0 Å². The van der Waals surface area contributed by atoms with Gasteiger partial charge in [-0.05, 0) is 18.9 Å². The third kappa shape index (κ3) is 2.96. The van der Waals surface area contributed by atoms with Crippen molar-refractivity contribution >= 4 is 6.29 Å². The summed E-state index contributed by atoms with van der Waals surface area (Å²) in [6, 6.07) is 9.86. The third-order valence-corrected chi connectivity index (χ3v) is 2.36. The minimum absolute atomic E-state index is 0.490. The first-order valence-electron chi connectivity index (χ1n) is 4.84. The first-order chi connectivity index (χ1) is 6.70. The van der Waals surface area contributed by atoms with Crippen molar-refractivity contribution in [2.75, 3.05) is 0 Å². The Bertz CT molecular complexity index is 282. The van der Waals surface area contributed by atoms with Crippen LogP contribution in [0.15, 0.2) is 30.3 Å². The Morgan fingerprint density at radius 2 is 2.00 bits per heavy atom. The van der Waals surface area contributed by atoms with Gasteiger partial charge in [0.25, 0.3) is 0 Å². The van der Waals surface area contributed by atoms with Crippen LogP contribution in [0.4, 0.5) is 0 Å². The molecule has 76 valence electrons. The maximum atomic E-state index is 10.8. The van der Waals surface area contributed by atoms with Gasteiger partial charge >= 0.3 is 0 Å². The number of ether oxygens (including phenoxy) is 1. The highest BCUT2D eigenvalue weighted by Crippen LogP contribution is 2.14. The summed E-state index contributed by atoms with van der Waals surface area (Å²) in [7, 11) is 0. The summed E-state index contributed by atoms with van der Waals surface area (Å²) < 4.78 is 5.55. The van der Waals surface area contributed by atoms with E-state index in [0.717, 1.165) is 11.8 Å². The lowest BCUT2D eigenvalue weighted by atomic mass is 10.1. The number of aldehydes is 1. The smallest absolute Gasteiger partial charge is 0.151 e. The molecule has 0 saturated carbocycles. The van der Waals surface area contributed by atoms with E-state index in [4.69, 9.17) is 4.74 Å².